The van der Waals surface area contributed by atoms with E-state index in [2.05, 4.69) is 13.8 Å². The molecule has 0 aliphatic heterocycles. The summed E-state index contributed by atoms with van der Waals surface area (Å²) in [7, 11) is 0. The molecule has 0 heterocycles. The molecule has 0 spiro atoms. The number of rotatable bonds is 8. The van der Waals surface area contributed by atoms with Crippen LogP contribution in [0.5, 0.6) is 5.75 Å². The summed E-state index contributed by atoms with van der Waals surface area (Å²) in [5, 5.41) is 0. The van der Waals surface area contributed by atoms with Crippen LogP contribution in [0.1, 0.15) is 64.4 Å². The highest BCUT2D eigenvalue weighted by Gasteiger charge is 2.22. The Morgan fingerprint density at radius 2 is 1.50 bits per heavy atom. The Balaban J connectivity index is 1.62. The highest BCUT2D eigenvalue weighted by Crippen LogP contribution is 2.34. The van der Waals surface area contributed by atoms with Gasteiger partial charge in [-0.2, -0.15) is 4.39 Å². The summed E-state index contributed by atoms with van der Waals surface area (Å²) in [5.41, 5.74) is 2.19. The Hall–Kier alpha value is -1.90. The average Bonchev–Trinajstić information content (AvgIpc) is 2.71. The highest BCUT2D eigenvalue weighted by molar-refractivity contribution is 5.65. The van der Waals surface area contributed by atoms with Crippen molar-refractivity contribution in [2.75, 3.05) is 6.61 Å². The largest absolute Gasteiger partial charge is 0.490 e. The van der Waals surface area contributed by atoms with E-state index in [1.807, 2.05) is 24.3 Å². The molecule has 1 nitrogen and oxygen atoms in total. The van der Waals surface area contributed by atoms with E-state index in [4.69, 9.17) is 4.74 Å². The van der Waals surface area contributed by atoms with Gasteiger partial charge in [0.1, 0.15) is 0 Å². The predicted octanol–water partition coefficient (Wildman–Crippen LogP) is 7.57. The molecule has 0 amide bonds. The number of halogens is 2. The van der Waals surface area contributed by atoms with E-state index >= 15 is 0 Å². The second-order valence-corrected chi connectivity index (χ2v) is 8.17. The molecule has 0 N–H and O–H groups in total. The maximum atomic E-state index is 14.6. The third-order valence-electron chi connectivity index (χ3n) is 5.99. The van der Waals surface area contributed by atoms with Crippen molar-refractivity contribution in [1.82, 2.24) is 0 Å². The molecule has 0 aromatic heterocycles. The van der Waals surface area contributed by atoms with Crippen molar-refractivity contribution in [3.8, 4) is 16.9 Å². The van der Waals surface area contributed by atoms with Crippen molar-refractivity contribution in [2.24, 2.45) is 11.8 Å². The second-order valence-electron chi connectivity index (χ2n) is 8.17. The summed E-state index contributed by atoms with van der Waals surface area (Å²) in [6.07, 6.45) is 9.29. The first-order valence-corrected chi connectivity index (χ1v) is 10.8. The van der Waals surface area contributed by atoms with Gasteiger partial charge in [-0.3, -0.25) is 0 Å². The quantitative estimate of drug-likeness (QED) is 0.454. The average molecular weight is 387 g/mol. The van der Waals surface area contributed by atoms with E-state index in [1.54, 1.807) is 12.1 Å². The Bertz CT molecular complexity index is 746. The Kier molecular flexibility index (Phi) is 7.47. The number of benzene rings is 2. The van der Waals surface area contributed by atoms with E-state index < -0.39 is 11.6 Å². The van der Waals surface area contributed by atoms with Crippen molar-refractivity contribution < 1.29 is 13.5 Å². The number of hydrogen-bond acceptors (Lipinski definition) is 1. The maximum absolute atomic E-state index is 14.6. The van der Waals surface area contributed by atoms with Crippen molar-refractivity contribution in [1.29, 1.82) is 0 Å². The van der Waals surface area contributed by atoms with Crippen LogP contribution in [0.3, 0.4) is 0 Å². The molecule has 3 rings (SSSR count). The molecule has 3 heteroatoms. The first-order valence-electron chi connectivity index (χ1n) is 10.8. The lowest BCUT2D eigenvalue weighted by Gasteiger charge is -2.28. The molecular formula is C25H32F2O. The van der Waals surface area contributed by atoms with Gasteiger partial charge in [-0.05, 0) is 54.4 Å². The molecule has 0 bridgehead atoms. The summed E-state index contributed by atoms with van der Waals surface area (Å²) in [4.78, 5) is 0. The Morgan fingerprint density at radius 1 is 0.821 bits per heavy atom. The lowest BCUT2D eigenvalue weighted by Crippen LogP contribution is -2.20. The smallest absolute Gasteiger partial charge is 0.201 e. The topological polar surface area (TPSA) is 9.23 Å². The highest BCUT2D eigenvalue weighted by atomic mass is 19.2. The molecule has 1 fully saturated rings. The number of ether oxygens (including phenoxy) is 1. The van der Waals surface area contributed by atoms with Crippen LogP contribution < -0.4 is 4.74 Å². The first kappa shape index (κ1) is 20.8. The fraction of sp³-hybridized carbons (Fsp3) is 0.520. The van der Waals surface area contributed by atoms with Crippen molar-refractivity contribution in [2.45, 2.75) is 65.2 Å². The zero-order valence-corrected chi connectivity index (χ0v) is 17.1. The normalized spacial score (nSPS) is 19.6. The molecule has 0 atom stereocenters. The van der Waals surface area contributed by atoms with Gasteiger partial charge >= 0.3 is 0 Å². The molecule has 28 heavy (non-hydrogen) atoms. The Labute approximate surface area is 168 Å². The van der Waals surface area contributed by atoms with Gasteiger partial charge in [-0.1, -0.05) is 70.2 Å². The molecule has 1 aliphatic carbocycles. The molecule has 2 aromatic carbocycles. The van der Waals surface area contributed by atoms with Crippen LogP contribution in [0.25, 0.3) is 11.1 Å². The summed E-state index contributed by atoms with van der Waals surface area (Å²) >= 11 is 0. The molecule has 0 saturated heterocycles. The molecule has 2 aromatic rings. The molecule has 0 radical (unpaired) electrons. The third-order valence-corrected chi connectivity index (χ3v) is 5.99. The standard InChI is InChI=1S/C25H32F2O/c1-3-5-18-7-9-20(10-8-18)17-28-23-16-15-22(24(26)25(23)27)21-13-11-19(6-4-2)12-14-21/h11-16,18,20H,3-10,17H2,1-2H3/t18-,20-. The van der Waals surface area contributed by atoms with Crippen molar-refractivity contribution in [3.05, 3.63) is 53.6 Å². The van der Waals surface area contributed by atoms with Crippen molar-refractivity contribution >= 4 is 0 Å². The van der Waals surface area contributed by atoms with Crippen LogP contribution in [0.2, 0.25) is 0 Å². The van der Waals surface area contributed by atoms with E-state index in [9.17, 15) is 8.78 Å². The van der Waals surface area contributed by atoms with E-state index in [1.165, 1.54) is 31.2 Å². The fourth-order valence-corrected chi connectivity index (χ4v) is 4.31. The van der Waals surface area contributed by atoms with Crippen LogP contribution in [-0.4, -0.2) is 6.61 Å². The summed E-state index contributed by atoms with van der Waals surface area (Å²) in [5.74, 6) is -0.401. The minimum absolute atomic E-state index is 0.0273. The maximum Gasteiger partial charge on any atom is 0.201 e. The minimum Gasteiger partial charge on any atom is -0.490 e. The van der Waals surface area contributed by atoms with Crippen LogP contribution in [0, 0.1) is 23.5 Å². The molecule has 152 valence electrons. The van der Waals surface area contributed by atoms with Crippen molar-refractivity contribution in [3.63, 3.8) is 0 Å². The van der Waals surface area contributed by atoms with Gasteiger partial charge in [0, 0.05) is 5.56 Å². The van der Waals surface area contributed by atoms with E-state index in [0.29, 0.717) is 18.1 Å². The van der Waals surface area contributed by atoms with Crippen LogP contribution in [-0.2, 0) is 6.42 Å². The Morgan fingerprint density at radius 3 is 2.14 bits per heavy atom. The molecule has 0 unspecified atom stereocenters. The zero-order valence-electron chi connectivity index (χ0n) is 17.1. The SMILES string of the molecule is CCCc1ccc(-c2ccc(OC[C@H]3CC[C@H](CCC)CC3)c(F)c2F)cc1. The minimum atomic E-state index is -0.880. The van der Waals surface area contributed by atoms with Gasteiger partial charge in [-0.15, -0.1) is 0 Å². The number of hydrogen-bond donors (Lipinski definition) is 0. The fourth-order valence-electron chi connectivity index (χ4n) is 4.31. The van der Waals surface area contributed by atoms with Gasteiger partial charge in [0.05, 0.1) is 6.61 Å². The second kappa shape index (κ2) is 10.0. The van der Waals surface area contributed by atoms with Gasteiger partial charge in [0.25, 0.3) is 0 Å². The summed E-state index contributed by atoms with van der Waals surface area (Å²) < 4.78 is 34.9. The van der Waals surface area contributed by atoms with E-state index in [-0.39, 0.29) is 11.3 Å². The number of aryl methyl sites for hydroxylation is 1. The van der Waals surface area contributed by atoms with Crippen LogP contribution in [0.4, 0.5) is 8.78 Å². The first-order chi connectivity index (χ1) is 13.6. The van der Waals surface area contributed by atoms with Crippen LogP contribution >= 0.6 is 0 Å². The summed E-state index contributed by atoms with van der Waals surface area (Å²) in [6.45, 7) is 4.83. The third kappa shape index (κ3) is 5.12. The zero-order chi connectivity index (χ0) is 19.9. The molecular weight excluding hydrogens is 354 g/mol. The van der Waals surface area contributed by atoms with Gasteiger partial charge in [0.15, 0.2) is 11.6 Å². The van der Waals surface area contributed by atoms with E-state index in [0.717, 1.165) is 31.6 Å². The lowest BCUT2D eigenvalue weighted by molar-refractivity contribution is 0.173. The van der Waals surface area contributed by atoms with Gasteiger partial charge in [-0.25, -0.2) is 4.39 Å². The van der Waals surface area contributed by atoms with Gasteiger partial charge < -0.3 is 4.74 Å². The monoisotopic (exact) mass is 386 g/mol. The summed E-state index contributed by atoms with van der Waals surface area (Å²) in [6, 6.07) is 10.9. The van der Waals surface area contributed by atoms with Gasteiger partial charge in [0.2, 0.25) is 5.82 Å². The lowest BCUT2D eigenvalue weighted by atomic mass is 9.80. The molecule has 1 aliphatic rings. The van der Waals surface area contributed by atoms with Crippen LogP contribution in [0.15, 0.2) is 36.4 Å². The predicted molar refractivity (Wildman–Crippen MR) is 112 cm³/mol. The molecule has 1 saturated carbocycles.